The van der Waals surface area contributed by atoms with Crippen molar-refractivity contribution in [2.24, 2.45) is 4.99 Å². The highest BCUT2D eigenvalue weighted by Gasteiger charge is 2.24. The van der Waals surface area contributed by atoms with Gasteiger partial charge in [0, 0.05) is 59.5 Å². The van der Waals surface area contributed by atoms with Gasteiger partial charge in [0.05, 0.1) is 22.8 Å². The second-order valence-corrected chi connectivity index (χ2v) is 8.20. The van der Waals surface area contributed by atoms with E-state index < -0.39 is 0 Å². The SMILES string of the molecule is C[C@@H]1CN(c2ccc([N+](=O)[O-])cc2C=Nc2ccc3c(c2)oc2ccccc23)C[C@H](C)O1. The molecule has 0 bridgehead atoms. The van der Waals surface area contributed by atoms with Crippen LogP contribution in [0.25, 0.3) is 21.9 Å². The van der Waals surface area contributed by atoms with Crippen LogP contribution >= 0.6 is 0 Å². The number of anilines is 1. The number of fused-ring (bicyclic) bond motifs is 3. The fraction of sp³-hybridized carbons (Fsp3) is 0.240. The second-order valence-electron chi connectivity index (χ2n) is 8.20. The smallest absolute Gasteiger partial charge is 0.270 e. The number of non-ortho nitro benzene ring substituents is 1. The first-order chi connectivity index (χ1) is 15.5. The number of nitro benzene ring substituents is 1. The number of rotatable bonds is 4. The molecule has 3 aromatic carbocycles. The number of hydrogen-bond donors (Lipinski definition) is 0. The molecule has 7 nitrogen and oxygen atoms in total. The van der Waals surface area contributed by atoms with Gasteiger partial charge in [-0.05, 0) is 38.1 Å². The lowest BCUT2D eigenvalue weighted by atomic mass is 10.1. The number of benzene rings is 3. The Morgan fingerprint density at radius 3 is 2.53 bits per heavy atom. The number of para-hydroxylation sites is 1. The van der Waals surface area contributed by atoms with E-state index >= 15 is 0 Å². The summed E-state index contributed by atoms with van der Waals surface area (Å²) in [5, 5.41) is 13.5. The molecule has 0 spiro atoms. The summed E-state index contributed by atoms with van der Waals surface area (Å²) in [6.07, 6.45) is 1.85. The molecule has 162 valence electrons. The monoisotopic (exact) mass is 429 g/mol. The minimum Gasteiger partial charge on any atom is -0.456 e. The van der Waals surface area contributed by atoms with Crippen LogP contribution < -0.4 is 4.90 Å². The van der Waals surface area contributed by atoms with E-state index in [-0.39, 0.29) is 22.8 Å². The molecule has 5 rings (SSSR count). The molecule has 0 radical (unpaired) electrons. The maximum absolute atomic E-state index is 11.4. The third-order valence-electron chi connectivity index (χ3n) is 5.70. The van der Waals surface area contributed by atoms with Crippen LogP contribution in [0.15, 0.2) is 70.1 Å². The highest BCUT2D eigenvalue weighted by molar-refractivity contribution is 6.05. The van der Waals surface area contributed by atoms with Crippen LogP contribution in [0.1, 0.15) is 19.4 Å². The van der Waals surface area contributed by atoms with Crippen LogP contribution in [0.4, 0.5) is 17.1 Å². The van der Waals surface area contributed by atoms with Gasteiger partial charge in [0.25, 0.3) is 5.69 Å². The van der Waals surface area contributed by atoms with E-state index in [0.717, 1.165) is 33.3 Å². The van der Waals surface area contributed by atoms with Crippen molar-refractivity contribution in [2.45, 2.75) is 26.1 Å². The Labute approximate surface area is 185 Å². The minimum atomic E-state index is -0.383. The lowest BCUT2D eigenvalue weighted by molar-refractivity contribution is -0.384. The third-order valence-corrected chi connectivity index (χ3v) is 5.70. The van der Waals surface area contributed by atoms with Crippen molar-refractivity contribution in [2.75, 3.05) is 18.0 Å². The molecule has 1 fully saturated rings. The molecule has 0 aliphatic carbocycles. The molecule has 0 saturated carbocycles. The van der Waals surface area contributed by atoms with Crippen LogP contribution in [-0.2, 0) is 4.74 Å². The maximum atomic E-state index is 11.4. The Kier molecular flexibility index (Phi) is 5.11. The van der Waals surface area contributed by atoms with E-state index in [1.807, 2.05) is 56.3 Å². The van der Waals surface area contributed by atoms with Gasteiger partial charge in [-0.25, -0.2) is 0 Å². The molecular formula is C25H23N3O4. The van der Waals surface area contributed by atoms with Gasteiger partial charge in [0.15, 0.2) is 0 Å². The predicted octanol–water partition coefficient (Wildman–Crippen LogP) is 5.86. The van der Waals surface area contributed by atoms with Crippen LogP contribution in [-0.4, -0.2) is 36.4 Å². The summed E-state index contributed by atoms with van der Waals surface area (Å²) in [5.41, 5.74) is 3.96. The summed E-state index contributed by atoms with van der Waals surface area (Å²) in [7, 11) is 0. The molecule has 32 heavy (non-hydrogen) atoms. The van der Waals surface area contributed by atoms with Crippen molar-refractivity contribution < 1.29 is 14.1 Å². The predicted molar refractivity (Wildman–Crippen MR) is 126 cm³/mol. The summed E-state index contributed by atoms with van der Waals surface area (Å²) in [6.45, 7) is 5.50. The summed E-state index contributed by atoms with van der Waals surface area (Å²) in [6, 6.07) is 18.6. The fourth-order valence-electron chi connectivity index (χ4n) is 4.36. The molecule has 1 saturated heterocycles. The molecular weight excluding hydrogens is 406 g/mol. The Hall–Kier alpha value is -3.71. The topological polar surface area (TPSA) is 81.1 Å². The molecule has 0 unspecified atom stereocenters. The van der Waals surface area contributed by atoms with Gasteiger partial charge < -0.3 is 14.1 Å². The molecule has 4 aromatic rings. The van der Waals surface area contributed by atoms with Gasteiger partial charge in [-0.15, -0.1) is 0 Å². The van der Waals surface area contributed by atoms with E-state index in [2.05, 4.69) is 9.89 Å². The van der Waals surface area contributed by atoms with Crippen LogP contribution in [0.3, 0.4) is 0 Å². The van der Waals surface area contributed by atoms with Gasteiger partial charge in [-0.3, -0.25) is 15.1 Å². The normalized spacial score (nSPS) is 19.2. The van der Waals surface area contributed by atoms with Crippen LogP contribution in [0.5, 0.6) is 0 Å². The van der Waals surface area contributed by atoms with E-state index in [9.17, 15) is 10.1 Å². The molecule has 1 aromatic heterocycles. The second kappa shape index (κ2) is 8.09. The Balaban J connectivity index is 1.52. The largest absolute Gasteiger partial charge is 0.456 e. The number of ether oxygens (including phenoxy) is 1. The molecule has 1 aliphatic heterocycles. The third kappa shape index (κ3) is 3.83. The molecule has 2 heterocycles. The Morgan fingerprint density at radius 1 is 1.00 bits per heavy atom. The van der Waals surface area contributed by atoms with E-state index in [0.29, 0.717) is 18.7 Å². The zero-order valence-electron chi connectivity index (χ0n) is 17.9. The molecule has 2 atom stereocenters. The number of nitro groups is 1. The number of hydrogen-bond acceptors (Lipinski definition) is 6. The Morgan fingerprint density at radius 2 is 1.75 bits per heavy atom. The maximum Gasteiger partial charge on any atom is 0.270 e. The average Bonchev–Trinajstić information content (AvgIpc) is 3.14. The zero-order chi connectivity index (χ0) is 22.2. The average molecular weight is 429 g/mol. The van der Waals surface area contributed by atoms with E-state index in [1.165, 1.54) is 6.07 Å². The minimum absolute atomic E-state index is 0.0392. The summed E-state index contributed by atoms with van der Waals surface area (Å²) >= 11 is 0. The first-order valence-corrected chi connectivity index (χ1v) is 10.6. The van der Waals surface area contributed by atoms with Crippen molar-refractivity contribution in [3.8, 4) is 0 Å². The Bertz CT molecular complexity index is 1330. The highest BCUT2D eigenvalue weighted by Crippen LogP contribution is 2.32. The lowest BCUT2D eigenvalue weighted by Gasteiger charge is -2.37. The number of nitrogens with zero attached hydrogens (tertiary/aromatic N) is 3. The number of aliphatic imine (C=N–C) groups is 1. The number of morpholine rings is 1. The first kappa shape index (κ1) is 20.2. The van der Waals surface area contributed by atoms with Crippen LogP contribution in [0.2, 0.25) is 0 Å². The van der Waals surface area contributed by atoms with Gasteiger partial charge >= 0.3 is 0 Å². The van der Waals surface area contributed by atoms with Gasteiger partial charge in [0.2, 0.25) is 0 Å². The van der Waals surface area contributed by atoms with E-state index in [1.54, 1.807) is 18.3 Å². The van der Waals surface area contributed by atoms with Crippen LogP contribution in [0, 0.1) is 10.1 Å². The van der Waals surface area contributed by atoms with Gasteiger partial charge in [0.1, 0.15) is 11.2 Å². The van der Waals surface area contributed by atoms with Crippen molar-refractivity contribution in [1.82, 2.24) is 0 Å². The first-order valence-electron chi connectivity index (χ1n) is 10.6. The summed E-state index contributed by atoms with van der Waals surface area (Å²) in [4.78, 5) is 17.8. The fourth-order valence-corrected chi connectivity index (χ4v) is 4.36. The molecule has 0 amide bonds. The standard InChI is InChI=1S/C25H23N3O4/c1-16-14-27(15-17(2)31-16)23-10-8-20(28(29)30)11-18(23)13-26-19-7-9-22-21-5-3-4-6-24(21)32-25(22)12-19/h3-13,16-17H,14-15H2,1-2H3/t16-,17+. The quantitative estimate of drug-likeness (QED) is 0.231. The van der Waals surface area contributed by atoms with Crippen molar-refractivity contribution in [1.29, 1.82) is 0 Å². The lowest BCUT2D eigenvalue weighted by Crippen LogP contribution is -2.45. The number of furan rings is 1. The van der Waals surface area contributed by atoms with E-state index in [4.69, 9.17) is 9.15 Å². The molecule has 1 aliphatic rings. The summed E-state index contributed by atoms with van der Waals surface area (Å²) < 4.78 is 11.8. The zero-order valence-corrected chi connectivity index (χ0v) is 17.9. The molecule has 7 heteroatoms. The highest BCUT2D eigenvalue weighted by atomic mass is 16.6. The van der Waals surface area contributed by atoms with Crippen molar-refractivity contribution in [3.05, 3.63) is 76.3 Å². The van der Waals surface area contributed by atoms with Crippen molar-refractivity contribution >= 4 is 45.2 Å². The van der Waals surface area contributed by atoms with Gasteiger partial charge in [-0.1, -0.05) is 18.2 Å². The van der Waals surface area contributed by atoms with Crippen molar-refractivity contribution in [3.63, 3.8) is 0 Å². The van der Waals surface area contributed by atoms with Gasteiger partial charge in [-0.2, -0.15) is 0 Å². The summed E-state index contributed by atoms with van der Waals surface area (Å²) in [5.74, 6) is 0. The molecule has 0 N–H and O–H groups in total.